The van der Waals surface area contributed by atoms with E-state index in [0.29, 0.717) is 5.56 Å². The molecule has 0 heterocycles. The van der Waals surface area contributed by atoms with E-state index in [4.69, 9.17) is 0 Å². The van der Waals surface area contributed by atoms with Crippen LogP contribution in [0.25, 0.3) is 0 Å². The lowest BCUT2D eigenvalue weighted by atomic mass is 10.0. The zero-order valence-corrected chi connectivity index (χ0v) is 14.8. The van der Waals surface area contributed by atoms with E-state index in [1.165, 1.54) is 19.2 Å². The van der Waals surface area contributed by atoms with E-state index in [1.807, 2.05) is 37.3 Å². The fourth-order valence-corrected chi connectivity index (χ4v) is 3.47. The van der Waals surface area contributed by atoms with E-state index in [9.17, 15) is 13.2 Å². The number of rotatable bonds is 6. The Morgan fingerprint density at radius 2 is 1.83 bits per heavy atom. The van der Waals surface area contributed by atoms with Crippen molar-refractivity contribution in [3.63, 3.8) is 0 Å². The molecule has 2 aromatic rings. The maximum atomic E-state index is 12.5. The van der Waals surface area contributed by atoms with Crippen LogP contribution in [0.3, 0.4) is 0 Å². The van der Waals surface area contributed by atoms with Crippen LogP contribution in [0.4, 0.5) is 0 Å². The van der Waals surface area contributed by atoms with E-state index < -0.39 is 16.0 Å². The van der Waals surface area contributed by atoms with Crippen LogP contribution in [0.2, 0.25) is 0 Å². The Hall–Kier alpha value is -2.18. The zero-order valence-electron chi connectivity index (χ0n) is 13.9. The summed E-state index contributed by atoms with van der Waals surface area (Å²) < 4.78 is 32.2. The van der Waals surface area contributed by atoms with Crippen LogP contribution in [0, 0.1) is 6.92 Å². The number of benzene rings is 2. The molecule has 0 saturated heterocycles. The minimum Gasteiger partial charge on any atom is -0.465 e. The van der Waals surface area contributed by atoms with Crippen LogP contribution < -0.4 is 4.72 Å². The molecule has 0 aromatic heterocycles. The number of sulfonamides is 1. The van der Waals surface area contributed by atoms with Crippen molar-refractivity contribution in [2.75, 3.05) is 13.7 Å². The molecule has 0 aliphatic heterocycles. The molecule has 0 aliphatic rings. The third-order valence-electron chi connectivity index (χ3n) is 3.87. The highest BCUT2D eigenvalue weighted by Crippen LogP contribution is 2.18. The van der Waals surface area contributed by atoms with Gasteiger partial charge >= 0.3 is 5.97 Å². The summed E-state index contributed by atoms with van der Waals surface area (Å²) in [4.78, 5) is 11.8. The molecule has 0 fully saturated rings. The third kappa shape index (κ3) is 4.21. The summed E-state index contributed by atoms with van der Waals surface area (Å²) in [5.41, 5.74) is 1.97. The SMILES string of the molecule is COC(=O)c1cc(S(=O)(=O)NC[C@@H](C)c2ccccc2)ccc1C. The molecule has 0 amide bonds. The summed E-state index contributed by atoms with van der Waals surface area (Å²) in [5, 5.41) is 0. The lowest BCUT2D eigenvalue weighted by Gasteiger charge is -2.14. The van der Waals surface area contributed by atoms with Gasteiger partial charge in [0.2, 0.25) is 10.0 Å². The summed E-state index contributed by atoms with van der Waals surface area (Å²) in [6.45, 7) is 3.95. The van der Waals surface area contributed by atoms with E-state index in [0.717, 1.165) is 5.56 Å². The number of hydrogen-bond acceptors (Lipinski definition) is 4. The minimum atomic E-state index is -3.70. The average Bonchev–Trinajstić information content (AvgIpc) is 2.60. The molecule has 0 radical (unpaired) electrons. The van der Waals surface area contributed by atoms with Gasteiger partial charge in [-0.1, -0.05) is 43.3 Å². The quantitative estimate of drug-likeness (QED) is 0.816. The molecule has 0 saturated carbocycles. The molecular weight excluding hydrogens is 326 g/mol. The van der Waals surface area contributed by atoms with Crippen molar-refractivity contribution in [2.24, 2.45) is 0 Å². The van der Waals surface area contributed by atoms with Crippen molar-refractivity contribution in [3.8, 4) is 0 Å². The number of hydrogen-bond donors (Lipinski definition) is 1. The van der Waals surface area contributed by atoms with E-state index >= 15 is 0 Å². The number of ether oxygens (including phenoxy) is 1. The predicted octanol–water partition coefficient (Wildman–Crippen LogP) is 2.86. The van der Waals surface area contributed by atoms with Crippen LogP contribution in [0.15, 0.2) is 53.4 Å². The summed E-state index contributed by atoms with van der Waals surface area (Å²) in [7, 11) is -2.44. The summed E-state index contributed by atoms with van der Waals surface area (Å²) >= 11 is 0. The lowest BCUT2D eigenvalue weighted by molar-refractivity contribution is 0.0599. The van der Waals surface area contributed by atoms with Gasteiger partial charge in [-0.15, -0.1) is 0 Å². The van der Waals surface area contributed by atoms with Gasteiger partial charge in [0.05, 0.1) is 17.6 Å². The van der Waals surface area contributed by atoms with Crippen molar-refractivity contribution >= 4 is 16.0 Å². The number of aryl methyl sites for hydroxylation is 1. The Kier molecular flexibility index (Phi) is 5.75. The first-order chi connectivity index (χ1) is 11.3. The maximum absolute atomic E-state index is 12.5. The predicted molar refractivity (Wildman–Crippen MR) is 92.6 cm³/mol. The Balaban J connectivity index is 2.17. The van der Waals surface area contributed by atoms with Crippen LogP contribution in [-0.4, -0.2) is 28.0 Å². The third-order valence-corrected chi connectivity index (χ3v) is 5.29. The Morgan fingerprint density at radius 1 is 1.17 bits per heavy atom. The first kappa shape index (κ1) is 18.2. The van der Waals surface area contributed by atoms with Gasteiger partial charge in [0.15, 0.2) is 0 Å². The molecule has 128 valence electrons. The molecule has 0 unspecified atom stereocenters. The molecule has 2 rings (SSSR count). The molecule has 0 bridgehead atoms. The van der Waals surface area contributed by atoms with Gasteiger partial charge in [0.25, 0.3) is 0 Å². The van der Waals surface area contributed by atoms with Gasteiger partial charge in [-0.3, -0.25) is 0 Å². The maximum Gasteiger partial charge on any atom is 0.338 e. The number of methoxy groups -OCH3 is 1. The molecule has 1 N–H and O–H groups in total. The first-order valence-corrected chi connectivity index (χ1v) is 9.07. The number of carbonyl (C=O) groups excluding carboxylic acids is 1. The van der Waals surface area contributed by atoms with Crippen molar-refractivity contribution in [1.82, 2.24) is 4.72 Å². The fourth-order valence-electron chi connectivity index (χ4n) is 2.32. The highest BCUT2D eigenvalue weighted by atomic mass is 32.2. The zero-order chi connectivity index (χ0) is 17.7. The number of nitrogens with one attached hydrogen (secondary N) is 1. The second-order valence-corrected chi connectivity index (χ2v) is 7.40. The second kappa shape index (κ2) is 7.59. The number of carbonyl (C=O) groups is 1. The van der Waals surface area contributed by atoms with Crippen molar-refractivity contribution in [2.45, 2.75) is 24.7 Å². The van der Waals surface area contributed by atoms with E-state index in [-0.39, 0.29) is 22.9 Å². The summed E-state index contributed by atoms with van der Waals surface area (Å²) in [5.74, 6) is -0.520. The van der Waals surface area contributed by atoms with Gasteiger partial charge < -0.3 is 4.74 Å². The van der Waals surface area contributed by atoms with Crippen molar-refractivity contribution in [1.29, 1.82) is 0 Å². The lowest BCUT2D eigenvalue weighted by Crippen LogP contribution is -2.28. The Bertz CT molecular complexity index is 816. The molecule has 0 spiro atoms. The highest BCUT2D eigenvalue weighted by molar-refractivity contribution is 7.89. The van der Waals surface area contributed by atoms with Gasteiger partial charge in [-0.05, 0) is 36.1 Å². The van der Waals surface area contributed by atoms with Crippen LogP contribution >= 0.6 is 0 Å². The smallest absolute Gasteiger partial charge is 0.338 e. The fraction of sp³-hybridized carbons (Fsp3) is 0.278. The van der Waals surface area contributed by atoms with Gasteiger partial charge in [0, 0.05) is 6.54 Å². The van der Waals surface area contributed by atoms with Crippen LogP contribution in [0.1, 0.15) is 34.3 Å². The second-order valence-electron chi connectivity index (χ2n) is 5.63. The average molecular weight is 347 g/mol. The largest absolute Gasteiger partial charge is 0.465 e. The molecule has 0 aliphatic carbocycles. The normalized spacial score (nSPS) is 12.6. The Morgan fingerprint density at radius 3 is 2.46 bits per heavy atom. The number of esters is 1. The van der Waals surface area contributed by atoms with Gasteiger partial charge in [-0.2, -0.15) is 0 Å². The molecule has 24 heavy (non-hydrogen) atoms. The first-order valence-electron chi connectivity index (χ1n) is 7.58. The molecular formula is C18H21NO4S. The van der Waals surface area contributed by atoms with Crippen LogP contribution in [-0.2, 0) is 14.8 Å². The van der Waals surface area contributed by atoms with Crippen molar-refractivity contribution < 1.29 is 17.9 Å². The Labute approximate surface area is 142 Å². The van der Waals surface area contributed by atoms with E-state index in [2.05, 4.69) is 9.46 Å². The topological polar surface area (TPSA) is 72.5 Å². The molecule has 1 atom stereocenters. The molecule has 2 aromatic carbocycles. The summed E-state index contributed by atoms with van der Waals surface area (Å²) in [6, 6.07) is 14.1. The van der Waals surface area contributed by atoms with Crippen molar-refractivity contribution in [3.05, 3.63) is 65.2 Å². The molecule has 6 heteroatoms. The van der Waals surface area contributed by atoms with Gasteiger partial charge in [0.1, 0.15) is 0 Å². The molecule has 5 nitrogen and oxygen atoms in total. The minimum absolute atomic E-state index is 0.0338. The van der Waals surface area contributed by atoms with E-state index in [1.54, 1.807) is 13.0 Å². The van der Waals surface area contributed by atoms with Gasteiger partial charge in [-0.25, -0.2) is 17.9 Å². The standard InChI is InChI=1S/C18H21NO4S/c1-13-9-10-16(11-17(13)18(20)23-3)24(21,22)19-12-14(2)15-7-5-4-6-8-15/h4-11,14,19H,12H2,1-3H3/t14-/m1/s1. The van der Waals surface area contributed by atoms with Crippen LogP contribution in [0.5, 0.6) is 0 Å². The monoisotopic (exact) mass is 347 g/mol. The summed E-state index contributed by atoms with van der Waals surface area (Å²) in [6.07, 6.45) is 0. The highest BCUT2D eigenvalue weighted by Gasteiger charge is 2.19.